The number of amides is 1. The zero-order valence-electron chi connectivity index (χ0n) is 15.4. The molecular formula is C22H16ClN3O3. The van der Waals surface area contributed by atoms with E-state index < -0.39 is 5.91 Å². The molecule has 0 spiro atoms. The molecular weight excluding hydrogens is 390 g/mol. The lowest BCUT2D eigenvalue weighted by atomic mass is 10.1. The molecule has 0 unspecified atom stereocenters. The highest BCUT2D eigenvalue weighted by atomic mass is 35.5. The lowest BCUT2D eigenvalue weighted by molar-refractivity contribution is 0.102. The van der Waals surface area contributed by atoms with Gasteiger partial charge in [-0.15, -0.1) is 0 Å². The number of nitrogens with one attached hydrogen (secondary N) is 1. The lowest BCUT2D eigenvalue weighted by Crippen LogP contribution is -2.25. The van der Waals surface area contributed by atoms with Crippen LogP contribution in [0.2, 0.25) is 5.02 Å². The second-order valence-electron chi connectivity index (χ2n) is 6.33. The molecule has 0 aliphatic rings. The van der Waals surface area contributed by atoms with Crippen LogP contribution in [-0.2, 0) is 7.05 Å². The molecule has 0 aliphatic carbocycles. The molecule has 0 atom stereocenters. The van der Waals surface area contributed by atoms with Gasteiger partial charge in [-0.3, -0.25) is 9.59 Å². The van der Waals surface area contributed by atoms with E-state index in [4.69, 9.17) is 16.3 Å². The molecule has 1 aromatic heterocycles. The van der Waals surface area contributed by atoms with Gasteiger partial charge in [0.15, 0.2) is 5.69 Å². The number of aryl methyl sites for hydroxylation is 1. The van der Waals surface area contributed by atoms with Crippen molar-refractivity contribution in [3.05, 3.63) is 93.9 Å². The summed E-state index contributed by atoms with van der Waals surface area (Å²) in [5.74, 6) is 0.727. The van der Waals surface area contributed by atoms with E-state index in [1.807, 2.05) is 12.1 Å². The topological polar surface area (TPSA) is 73.2 Å². The molecule has 3 aromatic carbocycles. The second kappa shape index (κ2) is 7.77. The Morgan fingerprint density at radius 1 is 0.966 bits per heavy atom. The summed E-state index contributed by atoms with van der Waals surface area (Å²) < 4.78 is 6.91. The van der Waals surface area contributed by atoms with E-state index in [1.54, 1.807) is 60.7 Å². The number of anilines is 1. The highest BCUT2D eigenvalue weighted by molar-refractivity contribution is 6.32. The Hall–Kier alpha value is -3.64. The minimum atomic E-state index is -0.406. The minimum absolute atomic E-state index is 0.180. The van der Waals surface area contributed by atoms with Crippen molar-refractivity contribution < 1.29 is 9.53 Å². The van der Waals surface area contributed by atoms with E-state index in [2.05, 4.69) is 10.4 Å². The molecule has 7 heteroatoms. The summed E-state index contributed by atoms with van der Waals surface area (Å²) in [5.41, 5.74) is 0.499. The molecule has 29 heavy (non-hydrogen) atoms. The van der Waals surface area contributed by atoms with Crippen LogP contribution in [0.15, 0.2) is 77.6 Å². The number of ether oxygens (including phenoxy) is 1. The lowest BCUT2D eigenvalue weighted by Gasteiger charge is -2.10. The fraction of sp³-hybridized carbons (Fsp3) is 0.0455. The summed E-state index contributed by atoms with van der Waals surface area (Å²) in [6.45, 7) is 0. The molecule has 1 heterocycles. The Balaban J connectivity index is 1.57. The van der Waals surface area contributed by atoms with Gasteiger partial charge in [0.25, 0.3) is 11.5 Å². The minimum Gasteiger partial charge on any atom is -0.456 e. The van der Waals surface area contributed by atoms with Gasteiger partial charge >= 0.3 is 0 Å². The number of aromatic nitrogens is 2. The smallest absolute Gasteiger partial charge is 0.276 e. The molecule has 4 aromatic rings. The van der Waals surface area contributed by atoms with E-state index in [-0.39, 0.29) is 11.3 Å². The fourth-order valence-corrected chi connectivity index (χ4v) is 3.09. The number of para-hydroxylation sites is 1. The summed E-state index contributed by atoms with van der Waals surface area (Å²) >= 11 is 6.10. The number of fused-ring (bicyclic) bond motifs is 1. The van der Waals surface area contributed by atoms with Crippen LogP contribution in [0.1, 0.15) is 10.5 Å². The molecule has 0 fully saturated rings. The van der Waals surface area contributed by atoms with E-state index >= 15 is 0 Å². The van der Waals surface area contributed by atoms with Crippen molar-refractivity contribution in [2.24, 2.45) is 7.05 Å². The van der Waals surface area contributed by atoms with E-state index in [0.29, 0.717) is 33.0 Å². The maximum Gasteiger partial charge on any atom is 0.276 e. The van der Waals surface area contributed by atoms with Gasteiger partial charge in [0.05, 0.1) is 10.4 Å². The Bertz CT molecular complexity index is 1270. The molecule has 0 bridgehead atoms. The highest BCUT2D eigenvalue weighted by Crippen LogP contribution is 2.29. The summed E-state index contributed by atoms with van der Waals surface area (Å²) in [7, 11) is 1.52. The second-order valence-corrected chi connectivity index (χ2v) is 6.74. The van der Waals surface area contributed by atoms with Gasteiger partial charge in [-0.05, 0) is 42.5 Å². The first-order valence-electron chi connectivity index (χ1n) is 8.83. The normalized spacial score (nSPS) is 10.7. The molecule has 4 rings (SSSR count). The molecule has 0 saturated carbocycles. The van der Waals surface area contributed by atoms with Gasteiger partial charge in [-0.2, -0.15) is 5.10 Å². The molecule has 6 nitrogen and oxygen atoms in total. The number of carbonyl (C=O) groups excluding carboxylic acids is 1. The predicted octanol–water partition coefficient (Wildman–Crippen LogP) is 4.63. The number of hydrogen-bond acceptors (Lipinski definition) is 4. The highest BCUT2D eigenvalue weighted by Gasteiger charge is 2.15. The van der Waals surface area contributed by atoms with Crippen molar-refractivity contribution in [3.63, 3.8) is 0 Å². The summed E-state index contributed by atoms with van der Waals surface area (Å²) in [6.07, 6.45) is 0. The third-order valence-corrected chi connectivity index (χ3v) is 4.66. The standard InChI is InChI=1S/C22H16ClN3O3/c1-26-22(28)17-7-3-2-6-16(17)20(25-26)21(27)24-14-10-12-15(13-11-14)29-19-9-5-4-8-18(19)23/h2-13H,1H3,(H,24,27). The summed E-state index contributed by atoms with van der Waals surface area (Å²) in [5, 5.41) is 8.39. The van der Waals surface area contributed by atoms with Crippen molar-refractivity contribution in [2.45, 2.75) is 0 Å². The van der Waals surface area contributed by atoms with Crippen LogP contribution in [-0.4, -0.2) is 15.7 Å². The van der Waals surface area contributed by atoms with Gasteiger partial charge in [-0.25, -0.2) is 4.68 Å². The number of halogens is 1. The zero-order valence-corrected chi connectivity index (χ0v) is 16.2. The van der Waals surface area contributed by atoms with Crippen LogP contribution in [0.3, 0.4) is 0 Å². The van der Waals surface area contributed by atoms with Crippen LogP contribution < -0.4 is 15.6 Å². The van der Waals surface area contributed by atoms with Crippen molar-refractivity contribution in [1.82, 2.24) is 9.78 Å². The maximum atomic E-state index is 12.8. The number of carbonyl (C=O) groups is 1. The van der Waals surface area contributed by atoms with Crippen LogP contribution in [0.25, 0.3) is 10.8 Å². The first-order valence-corrected chi connectivity index (χ1v) is 9.20. The van der Waals surface area contributed by atoms with Gasteiger partial charge in [-0.1, -0.05) is 41.9 Å². The first-order chi connectivity index (χ1) is 14.0. The summed E-state index contributed by atoms with van der Waals surface area (Å²) in [6, 6.07) is 21.0. The van der Waals surface area contributed by atoms with Gasteiger partial charge in [0.2, 0.25) is 0 Å². The molecule has 1 N–H and O–H groups in total. The Morgan fingerprint density at radius 2 is 1.62 bits per heavy atom. The van der Waals surface area contributed by atoms with Gasteiger partial charge in [0.1, 0.15) is 11.5 Å². The molecule has 0 aliphatic heterocycles. The third kappa shape index (κ3) is 3.83. The number of hydrogen-bond donors (Lipinski definition) is 1. The Morgan fingerprint density at radius 3 is 2.34 bits per heavy atom. The van der Waals surface area contributed by atoms with Crippen LogP contribution in [0.5, 0.6) is 11.5 Å². The molecule has 0 saturated heterocycles. The van der Waals surface area contributed by atoms with Crippen molar-refractivity contribution in [3.8, 4) is 11.5 Å². The summed E-state index contributed by atoms with van der Waals surface area (Å²) in [4.78, 5) is 25.0. The average Bonchev–Trinajstić information content (AvgIpc) is 2.73. The van der Waals surface area contributed by atoms with Gasteiger partial charge in [0, 0.05) is 18.1 Å². The third-order valence-electron chi connectivity index (χ3n) is 4.35. The van der Waals surface area contributed by atoms with Crippen molar-refractivity contribution in [1.29, 1.82) is 0 Å². The predicted molar refractivity (Wildman–Crippen MR) is 113 cm³/mol. The first kappa shape index (κ1) is 18.7. The van der Waals surface area contributed by atoms with E-state index in [1.165, 1.54) is 7.05 Å². The van der Waals surface area contributed by atoms with Crippen LogP contribution in [0.4, 0.5) is 5.69 Å². The average molecular weight is 406 g/mol. The maximum absolute atomic E-state index is 12.8. The fourth-order valence-electron chi connectivity index (χ4n) is 2.92. The Kier molecular flexibility index (Phi) is 5.01. The van der Waals surface area contributed by atoms with Crippen LogP contribution >= 0.6 is 11.6 Å². The Labute approximate surface area is 171 Å². The van der Waals surface area contributed by atoms with E-state index in [9.17, 15) is 9.59 Å². The molecule has 144 valence electrons. The van der Waals surface area contributed by atoms with Gasteiger partial charge < -0.3 is 10.1 Å². The molecule has 1 amide bonds. The molecule has 0 radical (unpaired) electrons. The largest absolute Gasteiger partial charge is 0.456 e. The number of rotatable bonds is 4. The number of nitrogens with zero attached hydrogens (tertiary/aromatic N) is 2. The van der Waals surface area contributed by atoms with Crippen molar-refractivity contribution >= 4 is 34.0 Å². The zero-order chi connectivity index (χ0) is 20.4. The number of benzene rings is 3. The van der Waals surface area contributed by atoms with Crippen molar-refractivity contribution in [2.75, 3.05) is 5.32 Å². The van der Waals surface area contributed by atoms with Crippen LogP contribution in [0, 0.1) is 0 Å². The quantitative estimate of drug-likeness (QED) is 0.537. The van der Waals surface area contributed by atoms with E-state index in [0.717, 1.165) is 4.68 Å². The monoisotopic (exact) mass is 405 g/mol. The SMILES string of the molecule is Cn1nc(C(=O)Nc2ccc(Oc3ccccc3Cl)cc2)c2ccccc2c1=O.